The van der Waals surface area contributed by atoms with Gasteiger partial charge in [0.15, 0.2) is 0 Å². The zero-order valence-electron chi connectivity index (χ0n) is 9.27. The molecule has 3 N–H and O–H groups in total. The molecule has 5 nitrogen and oxygen atoms in total. The maximum absolute atomic E-state index is 10.3. The molecule has 0 saturated heterocycles. The molecule has 0 aliphatic carbocycles. The van der Waals surface area contributed by atoms with Gasteiger partial charge in [-0.1, -0.05) is 0 Å². The lowest BCUT2D eigenvalue weighted by atomic mass is 10.2. The van der Waals surface area contributed by atoms with Gasteiger partial charge >= 0.3 is 5.97 Å². The highest BCUT2D eigenvalue weighted by molar-refractivity contribution is 5.66. The minimum atomic E-state index is -0.888. The minimum absolute atomic E-state index is 0.0112. The number of aliphatic carboxylic acids is 1. The van der Waals surface area contributed by atoms with Crippen LogP contribution in [0.5, 0.6) is 0 Å². The van der Waals surface area contributed by atoms with Crippen molar-refractivity contribution in [2.45, 2.75) is 32.4 Å². The van der Waals surface area contributed by atoms with Crippen LogP contribution in [0.1, 0.15) is 24.4 Å². The second kappa shape index (κ2) is 6.30. The summed E-state index contributed by atoms with van der Waals surface area (Å²) in [5.41, 5.74) is 0. The van der Waals surface area contributed by atoms with Crippen LogP contribution in [0, 0.1) is 6.92 Å². The Hall–Kier alpha value is -1.33. The molecule has 0 saturated carbocycles. The third-order valence-electron chi connectivity index (χ3n) is 2.17. The summed E-state index contributed by atoms with van der Waals surface area (Å²) in [6.45, 7) is 2.77. The van der Waals surface area contributed by atoms with E-state index in [1.54, 1.807) is 0 Å². The number of aryl methyl sites for hydroxylation is 1. The SMILES string of the molecule is Cc1ccc(CNCC(O)CCC(=O)O)o1. The minimum Gasteiger partial charge on any atom is -0.481 e. The van der Waals surface area contributed by atoms with E-state index in [1.165, 1.54) is 0 Å². The number of aliphatic hydroxyl groups is 1. The van der Waals surface area contributed by atoms with E-state index >= 15 is 0 Å². The van der Waals surface area contributed by atoms with E-state index in [4.69, 9.17) is 9.52 Å². The second-order valence-corrected chi connectivity index (χ2v) is 3.73. The summed E-state index contributed by atoms with van der Waals surface area (Å²) < 4.78 is 5.33. The molecule has 0 aromatic carbocycles. The van der Waals surface area contributed by atoms with Crippen molar-refractivity contribution in [3.05, 3.63) is 23.7 Å². The van der Waals surface area contributed by atoms with Crippen molar-refractivity contribution in [3.8, 4) is 0 Å². The number of rotatable bonds is 7. The molecule has 1 unspecified atom stereocenters. The van der Waals surface area contributed by atoms with Crippen molar-refractivity contribution < 1.29 is 19.4 Å². The van der Waals surface area contributed by atoms with E-state index in [0.29, 0.717) is 13.1 Å². The van der Waals surface area contributed by atoms with Crippen LogP contribution in [0.25, 0.3) is 0 Å². The highest BCUT2D eigenvalue weighted by atomic mass is 16.4. The van der Waals surface area contributed by atoms with E-state index in [0.717, 1.165) is 11.5 Å². The molecule has 0 aliphatic rings. The Labute approximate surface area is 94.1 Å². The summed E-state index contributed by atoms with van der Waals surface area (Å²) in [4.78, 5) is 10.3. The van der Waals surface area contributed by atoms with Gasteiger partial charge in [0.1, 0.15) is 11.5 Å². The van der Waals surface area contributed by atoms with Crippen LogP contribution in [-0.4, -0.2) is 28.8 Å². The molecule has 0 spiro atoms. The molecular formula is C11H17NO4. The average Bonchev–Trinajstić information content (AvgIpc) is 2.61. The highest BCUT2D eigenvalue weighted by Crippen LogP contribution is 2.05. The number of furan rings is 1. The number of hydrogen-bond acceptors (Lipinski definition) is 4. The Bertz CT molecular complexity index is 334. The summed E-state index contributed by atoms with van der Waals surface area (Å²) in [7, 11) is 0. The van der Waals surface area contributed by atoms with Crippen molar-refractivity contribution in [2.24, 2.45) is 0 Å². The monoisotopic (exact) mass is 227 g/mol. The first kappa shape index (κ1) is 12.7. The van der Waals surface area contributed by atoms with Crippen molar-refractivity contribution >= 4 is 5.97 Å². The van der Waals surface area contributed by atoms with Crippen LogP contribution in [0.2, 0.25) is 0 Å². The van der Waals surface area contributed by atoms with Crippen LogP contribution in [-0.2, 0) is 11.3 Å². The molecule has 0 radical (unpaired) electrons. The third kappa shape index (κ3) is 4.95. The molecule has 0 amide bonds. The maximum Gasteiger partial charge on any atom is 0.303 e. The summed E-state index contributed by atoms with van der Waals surface area (Å²) in [5, 5.41) is 20.8. The highest BCUT2D eigenvalue weighted by Gasteiger charge is 2.07. The zero-order chi connectivity index (χ0) is 12.0. The molecule has 1 heterocycles. The molecule has 1 aromatic heterocycles. The third-order valence-corrected chi connectivity index (χ3v) is 2.17. The standard InChI is InChI=1S/C11H17NO4/c1-8-2-4-10(16-8)7-12-6-9(13)3-5-11(14)15/h2,4,9,12-13H,3,5-7H2,1H3,(H,14,15). The fourth-order valence-electron chi connectivity index (χ4n) is 1.33. The Kier molecular flexibility index (Phi) is 5.01. The summed E-state index contributed by atoms with van der Waals surface area (Å²) in [6, 6.07) is 3.74. The molecule has 1 aromatic rings. The van der Waals surface area contributed by atoms with Gasteiger partial charge in [-0.2, -0.15) is 0 Å². The fraction of sp³-hybridized carbons (Fsp3) is 0.545. The number of aliphatic hydroxyl groups excluding tert-OH is 1. The van der Waals surface area contributed by atoms with E-state index in [9.17, 15) is 9.90 Å². The zero-order valence-corrected chi connectivity index (χ0v) is 9.27. The predicted molar refractivity (Wildman–Crippen MR) is 58.0 cm³/mol. The van der Waals surface area contributed by atoms with Gasteiger partial charge in [0.2, 0.25) is 0 Å². The summed E-state index contributed by atoms with van der Waals surface area (Å²) >= 11 is 0. The lowest BCUT2D eigenvalue weighted by molar-refractivity contribution is -0.137. The predicted octanol–water partition coefficient (Wildman–Crippen LogP) is 0.903. The first-order valence-electron chi connectivity index (χ1n) is 5.24. The van der Waals surface area contributed by atoms with E-state index in [1.807, 2.05) is 19.1 Å². The van der Waals surface area contributed by atoms with Crippen LogP contribution in [0.4, 0.5) is 0 Å². The number of nitrogens with one attached hydrogen (secondary N) is 1. The molecule has 1 rings (SSSR count). The van der Waals surface area contributed by atoms with Gasteiger partial charge in [-0.25, -0.2) is 0 Å². The van der Waals surface area contributed by atoms with Gasteiger partial charge in [-0.15, -0.1) is 0 Å². The van der Waals surface area contributed by atoms with Gasteiger partial charge < -0.3 is 19.9 Å². The molecular weight excluding hydrogens is 210 g/mol. The van der Waals surface area contributed by atoms with Crippen LogP contribution in [0.15, 0.2) is 16.5 Å². The average molecular weight is 227 g/mol. The topological polar surface area (TPSA) is 82.7 Å². The Balaban J connectivity index is 2.13. The van der Waals surface area contributed by atoms with Crippen molar-refractivity contribution in [1.29, 1.82) is 0 Å². The van der Waals surface area contributed by atoms with E-state index in [-0.39, 0.29) is 12.8 Å². The molecule has 0 fully saturated rings. The number of carboxylic acids is 1. The van der Waals surface area contributed by atoms with Crippen LogP contribution < -0.4 is 5.32 Å². The lowest BCUT2D eigenvalue weighted by Gasteiger charge is -2.09. The normalized spacial score (nSPS) is 12.6. The lowest BCUT2D eigenvalue weighted by Crippen LogP contribution is -2.26. The van der Waals surface area contributed by atoms with Crippen molar-refractivity contribution in [2.75, 3.05) is 6.54 Å². The number of carboxylic acid groups (broad SMARTS) is 1. The quantitative estimate of drug-likeness (QED) is 0.644. The van der Waals surface area contributed by atoms with Gasteiger partial charge in [0.05, 0.1) is 12.6 Å². The van der Waals surface area contributed by atoms with E-state index in [2.05, 4.69) is 5.32 Å². The first-order chi connectivity index (χ1) is 7.58. The van der Waals surface area contributed by atoms with Crippen LogP contribution >= 0.6 is 0 Å². The number of carbonyl (C=O) groups is 1. The Morgan fingerprint density at radius 3 is 2.88 bits per heavy atom. The first-order valence-corrected chi connectivity index (χ1v) is 5.24. The molecule has 16 heavy (non-hydrogen) atoms. The van der Waals surface area contributed by atoms with Gasteiger partial charge in [0, 0.05) is 13.0 Å². The second-order valence-electron chi connectivity index (χ2n) is 3.73. The molecule has 1 atom stereocenters. The Morgan fingerprint density at radius 2 is 2.31 bits per heavy atom. The molecule has 90 valence electrons. The Morgan fingerprint density at radius 1 is 1.56 bits per heavy atom. The maximum atomic E-state index is 10.3. The molecule has 5 heteroatoms. The van der Waals surface area contributed by atoms with Gasteiger partial charge in [0.25, 0.3) is 0 Å². The summed E-state index contributed by atoms with van der Waals surface area (Å²) in [5.74, 6) is 0.770. The smallest absolute Gasteiger partial charge is 0.303 e. The van der Waals surface area contributed by atoms with Crippen molar-refractivity contribution in [3.63, 3.8) is 0 Å². The van der Waals surface area contributed by atoms with Gasteiger partial charge in [-0.05, 0) is 25.5 Å². The summed E-state index contributed by atoms with van der Waals surface area (Å²) in [6.07, 6.45) is -0.380. The number of hydrogen-bond donors (Lipinski definition) is 3. The van der Waals surface area contributed by atoms with Gasteiger partial charge in [-0.3, -0.25) is 4.79 Å². The van der Waals surface area contributed by atoms with Crippen molar-refractivity contribution in [1.82, 2.24) is 5.32 Å². The largest absolute Gasteiger partial charge is 0.481 e. The molecule has 0 aliphatic heterocycles. The van der Waals surface area contributed by atoms with E-state index < -0.39 is 12.1 Å². The molecule has 0 bridgehead atoms. The van der Waals surface area contributed by atoms with Crippen LogP contribution in [0.3, 0.4) is 0 Å². The fourth-order valence-corrected chi connectivity index (χ4v) is 1.33.